The van der Waals surface area contributed by atoms with Crippen LogP contribution in [-0.4, -0.2) is 64.9 Å². The molecule has 0 saturated heterocycles. The maximum atomic E-state index is 12.4. The van der Waals surface area contributed by atoms with Gasteiger partial charge in [-0.15, -0.1) is 0 Å². The quantitative estimate of drug-likeness (QED) is 0.0199. The maximum absolute atomic E-state index is 12.4. The Morgan fingerprint density at radius 2 is 0.853 bits per heavy atom. The van der Waals surface area contributed by atoms with E-state index in [-0.39, 0.29) is 12.8 Å². The molecule has 0 spiro atoms. The zero-order valence-corrected chi connectivity index (χ0v) is 43.5. The average Bonchev–Trinajstić information content (AvgIpc) is 3.32. The van der Waals surface area contributed by atoms with Crippen molar-refractivity contribution < 1.29 is 47.8 Å². The van der Waals surface area contributed by atoms with Gasteiger partial charge in [0.2, 0.25) is 5.91 Å². The minimum absolute atomic E-state index is 0.0864. The zero-order chi connectivity index (χ0) is 49.9. The summed E-state index contributed by atoms with van der Waals surface area (Å²) in [5.74, 6) is -2.44. The fraction of sp³-hybridized carbons (Fsp3) is 0.696. The number of carbonyl (C=O) groups is 3. The molecule has 11 nitrogen and oxygen atoms in total. The number of nitrogens with one attached hydrogen (secondary N) is 1. The Morgan fingerprint density at radius 1 is 0.485 bits per heavy atom. The number of aliphatic carboxylic acids is 1. The first-order valence-corrected chi connectivity index (χ1v) is 28.1. The van der Waals surface area contributed by atoms with Crippen LogP contribution in [0.25, 0.3) is 0 Å². The van der Waals surface area contributed by atoms with E-state index >= 15 is 0 Å². The van der Waals surface area contributed by atoms with Gasteiger partial charge in [0.1, 0.15) is 12.7 Å². The number of phosphoric acid groups is 1. The van der Waals surface area contributed by atoms with Crippen molar-refractivity contribution in [3.8, 4) is 0 Å². The normalized spacial score (nSPS) is 14.2. The van der Waals surface area contributed by atoms with E-state index in [9.17, 15) is 34.1 Å². The Hall–Kier alpha value is -3.34. The van der Waals surface area contributed by atoms with Crippen molar-refractivity contribution in [3.63, 3.8) is 0 Å². The molecular weight excluding hydrogens is 878 g/mol. The van der Waals surface area contributed by atoms with Crippen LogP contribution in [0.3, 0.4) is 0 Å². The molecule has 1 amide bonds. The third kappa shape index (κ3) is 49.1. The van der Waals surface area contributed by atoms with E-state index in [0.717, 1.165) is 70.6 Å². The molecule has 0 rings (SSSR count). The number of hydrogen-bond acceptors (Lipinski definition) is 8. The van der Waals surface area contributed by atoms with Crippen molar-refractivity contribution in [2.24, 2.45) is 0 Å². The van der Waals surface area contributed by atoms with Crippen LogP contribution in [0.15, 0.2) is 85.1 Å². The molecule has 4 N–H and O–H groups in total. The van der Waals surface area contributed by atoms with Gasteiger partial charge in [-0.05, 0) is 89.9 Å². The van der Waals surface area contributed by atoms with Gasteiger partial charge in [-0.2, -0.15) is 0 Å². The zero-order valence-electron chi connectivity index (χ0n) is 42.6. The smallest absolute Gasteiger partial charge is 0.472 e. The van der Waals surface area contributed by atoms with E-state index in [4.69, 9.17) is 13.8 Å². The summed E-state index contributed by atoms with van der Waals surface area (Å²) in [7, 11) is -4.78. The molecule has 0 bridgehead atoms. The summed E-state index contributed by atoms with van der Waals surface area (Å²) >= 11 is 0. The SMILES string of the molecule is CC/C=C\C/C=C\C/C=C\C/C=C\C/C=C\C/C=C\CCCCC(=O)NC(COP(=O)(O)OCC(O)COC(=O)CCCCCCCCCCCCCCC/C=C/CCCCCCCC)C(=O)O. The van der Waals surface area contributed by atoms with Crippen molar-refractivity contribution >= 4 is 25.7 Å². The number of aliphatic hydroxyl groups excluding tert-OH is 1. The lowest BCUT2D eigenvalue weighted by atomic mass is 10.0. The molecule has 0 aromatic rings. The van der Waals surface area contributed by atoms with E-state index < -0.39 is 57.6 Å². The lowest BCUT2D eigenvalue weighted by molar-refractivity contribution is -0.147. The lowest BCUT2D eigenvalue weighted by Crippen LogP contribution is -2.43. The second-order valence-electron chi connectivity index (χ2n) is 17.7. The van der Waals surface area contributed by atoms with Crippen LogP contribution in [-0.2, 0) is 32.7 Å². The molecule has 0 aliphatic heterocycles. The summed E-state index contributed by atoms with van der Waals surface area (Å²) in [4.78, 5) is 46.2. The third-order valence-electron chi connectivity index (χ3n) is 11.2. The van der Waals surface area contributed by atoms with Gasteiger partial charge in [0, 0.05) is 12.8 Å². The highest BCUT2D eigenvalue weighted by Crippen LogP contribution is 2.43. The number of phosphoric ester groups is 1. The van der Waals surface area contributed by atoms with Gasteiger partial charge in [-0.3, -0.25) is 18.6 Å². The number of amides is 1. The topological polar surface area (TPSA) is 169 Å². The second-order valence-corrected chi connectivity index (χ2v) is 19.1. The molecule has 0 radical (unpaired) electrons. The summed E-state index contributed by atoms with van der Waals surface area (Å²) in [5.41, 5.74) is 0. The van der Waals surface area contributed by atoms with E-state index in [1.54, 1.807) is 0 Å². The molecule has 0 aromatic carbocycles. The van der Waals surface area contributed by atoms with Crippen LogP contribution in [0.5, 0.6) is 0 Å². The van der Waals surface area contributed by atoms with Gasteiger partial charge in [-0.25, -0.2) is 9.36 Å². The first-order chi connectivity index (χ1) is 33.1. The fourth-order valence-corrected chi connectivity index (χ4v) is 7.85. The van der Waals surface area contributed by atoms with Gasteiger partial charge in [0.15, 0.2) is 6.04 Å². The first kappa shape index (κ1) is 64.7. The molecule has 390 valence electrons. The Bertz CT molecular complexity index is 1470. The molecule has 0 aromatic heterocycles. The lowest BCUT2D eigenvalue weighted by Gasteiger charge is -2.18. The van der Waals surface area contributed by atoms with Crippen LogP contribution in [0.4, 0.5) is 0 Å². The van der Waals surface area contributed by atoms with Crippen molar-refractivity contribution in [2.75, 3.05) is 19.8 Å². The number of unbranched alkanes of at least 4 members (excludes halogenated alkanes) is 21. The van der Waals surface area contributed by atoms with E-state index in [1.807, 2.05) is 0 Å². The fourth-order valence-electron chi connectivity index (χ4n) is 7.08. The number of ether oxygens (including phenoxy) is 1. The maximum Gasteiger partial charge on any atom is 0.472 e. The van der Waals surface area contributed by atoms with E-state index in [0.29, 0.717) is 12.8 Å². The van der Waals surface area contributed by atoms with Crippen LogP contribution in [0, 0.1) is 0 Å². The number of carboxylic acids is 1. The second kappa shape index (κ2) is 50.1. The van der Waals surface area contributed by atoms with Crippen LogP contribution in [0.1, 0.15) is 219 Å². The largest absolute Gasteiger partial charge is 0.480 e. The third-order valence-corrected chi connectivity index (χ3v) is 12.1. The van der Waals surface area contributed by atoms with Crippen LogP contribution in [0.2, 0.25) is 0 Å². The molecule has 0 aliphatic carbocycles. The molecule has 0 fully saturated rings. The Labute approximate surface area is 413 Å². The standard InChI is InChI=1S/C56H96NO10P/c1-3-5-7-9-11-13-15-17-19-21-23-25-26-28-30-32-34-36-38-40-42-44-46-48-55(60)65-49-52(58)50-66-68(63,64)67-51-53(56(61)62)57-54(59)47-45-43-41-39-37-35-33-31-29-27-24-22-20-18-16-14-12-10-8-6-4-2/h6,8,12,14,17-20,24,27,31,33,37,39,52-53,58H,3-5,7,9-11,13,15-16,21-23,25-26,28-30,32,34-36,38,40-51H2,1-2H3,(H,57,59)(H,61,62)(H,63,64)/b8-6-,14-12-,19-17+,20-18-,27-24-,33-31-,39-37-. The first-order valence-electron chi connectivity index (χ1n) is 26.6. The monoisotopic (exact) mass is 974 g/mol. The van der Waals surface area contributed by atoms with Gasteiger partial charge in [0.05, 0.1) is 13.2 Å². The molecular formula is C56H96NO10P. The predicted molar refractivity (Wildman–Crippen MR) is 281 cm³/mol. The Morgan fingerprint density at radius 3 is 1.31 bits per heavy atom. The number of allylic oxidation sites excluding steroid dienone is 14. The number of carbonyl (C=O) groups excluding carboxylic acids is 2. The number of esters is 1. The van der Waals surface area contributed by atoms with Gasteiger partial charge in [-0.1, -0.05) is 202 Å². The number of hydrogen-bond donors (Lipinski definition) is 4. The predicted octanol–water partition coefficient (Wildman–Crippen LogP) is 15.0. The summed E-state index contributed by atoms with van der Waals surface area (Å²) in [6.45, 7) is 2.47. The van der Waals surface area contributed by atoms with Crippen molar-refractivity contribution in [1.82, 2.24) is 5.32 Å². The Balaban J connectivity index is 3.88. The number of carboxylic acid groups (broad SMARTS) is 1. The molecule has 0 heterocycles. The number of rotatable bonds is 49. The average molecular weight is 974 g/mol. The summed E-state index contributed by atoms with van der Waals surface area (Å²) in [6, 6.07) is -1.58. The minimum atomic E-state index is -4.78. The van der Waals surface area contributed by atoms with Crippen molar-refractivity contribution in [2.45, 2.75) is 231 Å². The molecule has 68 heavy (non-hydrogen) atoms. The minimum Gasteiger partial charge on any atom is -0.480 e. The van der Waals surface area contributed by atoms with Crippen LogP contribution >= 0.6 is 7.82 Å². The molecule has 3 atom stereocenters. The molecule has 12 heteroatoms. The Kier molecular flexibility index (Phi) is 47.6. The van der Waals surface area contributed by atoms with Gasteiger partial charge in [0.25, 0.3) is 0 Å². The molecule has 0 aliphatic rings. The highest BCUT2D eigenvalue weighted by molar-refractivity contribution is 7.47. The van der Waals surface area contributed by atoms with Gasteiger partial charge < -0.3 is 25.2 Å². The molecule has 0 saturated carbocycles. The summed E-state index contributed by atoms with van der Waals surface area (Å²) in [5, 5.41) is 21.9. The summed E-state index contributed by atoms with van der Waals surface area (Å²) in [6.07, 6.45) is 63.3. The summed E-state index contributed by atoms with van der Waals surface area (Å²) < 4.78 is 27.0. The van der Waals surface area contributed by atoms with Crippen LogP contribution < -0.4 is 5.32 Å². The van der Waals surface area contributed by atoms with Crippen molar-refractivity contribution in [3.05, 3.63) is 85.1 Å². The van der Waals surface area contributed by atoms with Gasteiger partial charge >= 0.3 is 19.8 Å². The van der Waals surface area contributed by atoms with Crippen molar-refractivity contribution in [1.29, 1.82) is 0 Å². The highest BCUT2D eigenvalue weighted by atomic mass is 31.2. The number of aliphatic hydroxyl groups is 1. The van der Waals surface area contributed by atoms with E-state index in [1.165, 1.54) is 109 Å². The highest BCUT2D eigenvalue weighted by Gasteiger charge is 2.28. The molecule has 3 unspecified atom stereocenters. The van der Waals surface area contributed by atoms with E-state index in [2.05, 4.69) is 104 Å².